The number of nitrogens with one attached hydrogen (secondary N) is 1. The van der Waals surface area contributed by atoms with Crippen LogP contribution in [0.15, 0.2) is 36.0 Å². The molecule has 0 spiro atoms. The number of hydrogen-bond donors (Lipinski definition) is 2. The van der Waals surface area contributed by atoms with Gasteiger partial charge in [0.15, 0.2) is 0 Å². The monoisotopic (exact) mass is 300 g/mol. The SMILES string of the molecule is O=C(NCCc1cccs1)c1ccncc1C#CCCO. The van der Waals surface area contributed by atoms with E-state index in [0.717, 1.165) is 6.42 Å². The number of pyridine rings is 1. The lowest BCUT2D eigenvalue weighted by atomic mass is 10.1. The molecule has 0 saturated heterocycles. The summed E-state index contributed by atoms with van der Waals surface area (Å²) < 4.78 is 0. The summed E-state index contributed by atoms with van der Waals surface area (Å²) in [5.41, 5.74) is 1.10. The summed E-state index contributed by atoms with van der Waals surface area (Å²) >= 11 is 1.68. The highest BCUT2D eigenvalue weighted by Gasteiger charge is 2.09. The highest BCUT2D eigenvalue weighted by atomic mass is 32.1. The van der Waals surface area contributed by atoms with Gasteiger partial charge >= 0.3 is 0 Å². The molecular weight excluding hydrogens is 284 g/mol. The van der Waals surface area contributed by atoms with Gasteiger partial charge in [-0.25, -0.2) is 0 Å². The second kappa shape index (κ2) is 8.20. The zero-order chi connectivity index (χ0) is 14.9. The third-order valence-corrected chi connectivity index (χ3v) is 3.70. The summed E-state index contributed by atoms with van der Waals surface area (Å²) in [7, 11) is 0. The average molecular weight is 300 g/mol. The summed E-state index contributed by atoms with van der Waals surface area (Å²) in [6, 6.07) is 5.71. The second-order valence-electron chi connectivity index (χ2n) is 4.28. The van der Waals surface area contributed by atoms with E-state index in [-0.39, 0.29) is 12.5 Å². The van der Waals surface area contributed by atoms with E-state index in [9.17, 15) is 4.79 Å². The van der Waals surface area contributed by atoms with Crippen LogP contribution in [-0.2, 0) is 6.42 Å². The molecule has 2 rings (SSSR count). The van der Waals surface area contributed by atoms with Crippen LogP contribution in [0.2, 0.25) is 0 Å². The molecule has 0 atom stereocenters. The first-order chi connectivity index (χ1) is 10.3. The Morgan fingerprint density at radius 3 is 3.10 bits per heavy atom. The Morgan fingerprint density at radius 1 is 1.43 bits per heavy atom. The van der Waals surface area contributed by atoms with Gasteiger partial charge in [0.2, 0.25) is 0 Å². The Kier molecular flexibility index (Phi) is 5.95. The van der Waals surface area contributed by atoms with Crippen LogP contribution in [0.4, 0.5) is 0 Å². The summed E-state index contributed by atoms with van der Waals surface area (Å²) in [6.45, 7) is 0.598. The Hall–Kier alpha value is -2.16. The van der Waals surface area contributed by atoms with Gasteiger partial charge in [-0.15, -0.1) is 11.3 Å². The van der Waals surface area contributed by atoms with Crippen molar-refractivity contribution in [1.82, 2.24) is 10.3 Å². The standard InChI is InChI=1S/C16H16N2O2S/c19-10-2-1-4-13-12-17-8-7-15(13)16(20)18-9-6-14-5-3-11-21-14/h3,5,7-8,11-12,19H,2,6,9-10H2,(H,18,20). The molecule has 0 saturated carbocycles. The van der Waals surface area contributed by atoms with E-state index in [2.05, 4.69) is 28.2 Å². The lowest BCUT2D eigenvalue weighted by Crippen LogP contribution is -2.26. The smallest absolute Gasteiger partial charge is 0.252 e. The summed E-state index contributed by atoms with van der Waals surface area (Å²) in [5.74, 6) is 5.52. The molecule has 0 radical (unpaired) electrons. The number of rotatable bonds is 5. The molecular formula is C16H16N2O2S. The van der Waals surface area contributed by atoms with Crippen molar-refractivity contribution in [2.45, 2.75) is 12.8 Å². The fourth-order valence-electron chi connectivity index (χ4n) is 1.75. The number of aliphatic hydroxyl groups is 1. The molecule has 0 aromatic carbocycles. The zero-order valence-corrected chi connectivity index (χ0v) is 12.3. The van der Waals surface area contributed by atoms with E-state index in [1.807, 2.05) is 11.4 Å². The number of thiophene rings is 1. The van der Waals surface area contributed by atoms with Crippen molar-refractivity contribution >= 4 is 17.2 Å². The van der Waals surface area contributed by atoms with Crippen LogP contribution in [0.1, 0.15) is 27.2 Å². The molecule has 2 aromatic rings. The Bertz CT molecular complexity index is 642. The van der Waals surface area contributed by atoms with Gasteiger partial charge < -0.3 is 10.4 Å². The largest absolute Gasteiger partial charge is 0.395 e. The normalized spacial score (nSPS) is 9.76. The van der Waals surface area contributed by atoms with E-state index in [1.54, 1.807) is 29.8 Å². The number of carbonyl (C=O) groups is 1. The summed E-state index contributed by atoms with van der Waals surface area (Å²) in [5, 5.41) is 13.6. The summed E-state index contributed by atoms with van der Waals surface area (Å²) in [6.07, 6.45) is 4.35. The number of nitrogens with zero attached hydrogens (tertiary/aromatic N) is 1. The van der Waals surface area contributed by atoms with Gasteiger partial charge in [-0.1, -0.05) is 17.9 Å². The van der Waals surface area contributed by atoms with Crippen molar-refractivity contribution in [2.75, 3.05) is 13.2 Å². The summed E-state index contributed by atoms with van der Waals surface area (Å²) in [4.78, 5) is 17.4. The molecule has 0 bridgehead atoms. The van der Waals surface area contributed by atoms with Gasteiger partial charge in [-0.05, 0) is 23.9 Å². The lowest BCUT2D eigenvalue weighted by molar-refractivity contribution is 0.0954. The number of carbonyl (C=O) groups excluding carboxylic acids is 1. The highest BCUT2D eigenvalue weighted by Crippen LogP contribution is 2.09. The van der Waals surface area contributed by atoms with Gasteiger partial charge in [0.05, 0.1) is 17.7 Å². The van der Waals surface area contributed by atoms with Crippen LogP contribution in [0.3, 0.4) is 0 Å². The van der Waals surface area contributed by atoms with E-state index in [4.69, 9.17) is 5.11 Å². The fourth-order valence-corrected chi connectivity index (χ4v) is 2.46. The molecule has 108 valence electrons. The quantitative estimate of drug-likeness (QED) is 0.828. The second-order valence-corrected chi connectivity index (χ2v) is 5.31. The Balaban J connectivity index is 1.97. The molecule has 0 aliphatic heterocycles. The van der Waals surface area contributed by atoms with Crippen molar-refractivity contribution < 1.29 is 9.90 Å². The third-order valence-electron chi connectivity index (χ3n) is 2.76. The van der Waals surface area contributed by atoms with Crippen LogP contribution in [-0.4, -0.2) is 29.1 Å². The van der Waals surface area contributed by atoms with Gasteiger partial charge in [-0.3, -0.25) is 9.78 Å². The van der Waals surface area contributed by atoms with Crippen molar-refractivity contribution in [3.05, 3.63) is 52.0 Å². The number of hydrogen-bond acceptors (Lipinski definition) is 4. The molecule has 2 N–H and O–H groups in total. The minimum atomic E-state index is -0.151. The molecule has 5 heteroatoms. The van der Waals surface area contributed by atoms with Crippen molar-refractivity contribution in [1.29, 1.82) is 0 Å². The molecule has 1 amide bonds. The molecule has 2 aromatic heterocycles. The van der Waals surface area contributed by atoms with Gasteiger partial charge in [0.25, 0.3) is 5.91 Å². The molecule has 0 aliphatic carbocycles. The van der Waals surface area contributed by atoms with Crippen LogP contribution in [0, 0.1) is 11.8 Å². The number of aliphatic hydroxyl groups excluding tert-OH is 1. The van der Waals surface area contributed by atoms with Crippen molar-refractivity contribution in [2.24, 2.45) is 0 Å². The molecule has 0 aliphatic rings. The molecule has 2 heterocycles. The van der Waals surface area contributed by atoms with Crippen LogP contribution in [0.25, 0.3) is 0 Å². The van der Waals surface area contributed by atoms with Crippen molar-refractivity contribution in [3.63, 3.8) is 0 Å². The van der Waals surface area contributed by atoms with Crippen LogP contribution < -0.4 is 5.32 Å². The third kappa shape index (κ3) is 4.71. The van der Waals surface area contributed by atoms with Crippen LogP contribution in [0.5, 0.6) is 0 Å². The average Bonchev–Trinajstić information content (AvgIpc) is 3.01. The first-order valence-electron chi connectivity index (χ1n) is 6.65. The lowest BCUT2D eigenvalue weighted by Gasteiger charge is -2.06. The number of aromatic nitrogens is 1. The fraction of sp³-hybridized carbons (Fsp3) is 0.250. The van der Waals surface area contributed by atoms with Gasteiger partial charge in [0.1, 0.15) is 0 Å². The van der Waals surface area contributed by atoms with E-state index in [0.29, 0.717) is 24.1 Å². The molecule has 21 heavy (non-hydrogen) atoms. The van der Waals surface area contributed by atoms with Gasteiger partial charge in [0, 0.05) is 30.2 Å². The van der Waals surface area contributed by atoms with E-state index >= 15 is 0 Å². The topological polar surface area (TPSA) is 62.2 Å². The predicted octanol–water partition coefficient (Wildman–Crippen LogP) is 1.85. The maximum atomic E-state index is 12.2. The van der Waals surface area contributed by atoms with E-state index in [1.165, 1.54) is 4.88 Å². The Labute approximate surface area is 127 Å². The zero-order valence-electron chi connectivity index (χ0n) is 11.5. The minimum absolute atomic E-state index is 0.00953. The maximum Gasteiger partial charge on any atom is 0.252 e. The van der Waals surface area contributed by atoms with Crippen molar-refractivity contribution in [3.8, 4) is 11.8 Å². The molecule has 0 fully saturated rings. The minimum Gasteiger partial charge on any atom is -0.395 e. The number of amides is 1. The first kappa shape index (κ1) is 15.2. The maximum absolute atomic E-state index is 12.2. The van der Waals surface area contributed by atoms with E-state index < -0.39 is 0 Å². The van der Waals surface area contributed by atoms with Gasteiger partial charge in [-0.2, -0.15) is 0 Å². The predicted molar refractivity (Wildman–Crippen MR) is 83.2 cm³/mol. The molecule has 4 nitrogen and oxygen atoms in total. The Morgan fingerprint density at radius 2 is 2.33 bits per heavy atom. The first-order valence-corrected chi connectivity index (χ1v) is 7.53. The highest BCUT2D eigenvalue weighted by molar-refractivity contribution is 7.09. The molecule has 0 unspecified atom stereocenters. The van der Waals surface area contributed by atoms with Crippen LogP contribution >= 0.6 is 11.3 Å².